The van der Waals surface area contributed by atoms with Crippen molar-refractivity contribution in [1.29, 1.82) is 0 Å². The molecular weight excluding hydrogens is 346 g/mol. The summed E-state index contributed by atoms with van der Waals surface area (Å²) in [5.74, 6) is 2.49. The zero-order chi connectivity index (χ0) is 19.2. The largest absolute Gasteiger partial charge is 0.508 e. The summed E-state index contributed by atoms with van der Waals surface area (Å²) in [6.45, 7) is 3.66. The van der Waals surface area contributed by atoms with Gasteiger partial charge in [-0.05, 0) is 37.6 Å². The lowest BCUT2D eigenvalue weighted by Gasteiger charge is -2.25. The van der Waals surface area contributed by atoms with E-state index < -0.39 is 0 Å². The SMILES string of the molecule is CN=C(NCCNC(=O)c1ccc(O)cc1)NC1CCc2nc(C)nn2C1. The number of benzene rings is 1. The molecule has 27 heavy (non-hydrogen) atoms. The van der Waals surface area contributed by atoms with Gasteiger partial charge >= 0.3 is 0 Å². The number of phenols is 1. The molecule has 3 rings (SSSR count). The zero-order valence-electron chi connectivity index (χ0n) is 15.6. The number of hydrogen-bond acceptors (Lipinski definition) is 5. The van der Waals surface area contributed by atoms with Crippen molar-refractivity contribution in [3.05, 3.63) is 41.5 Å². The van der Waals surface area contributed by atoms with E-state index in [-0.39, 0.29) is 17.7 Å². The molecule has 0 fully saturated rings. The minimum atomic E-state index is -0.180. The first-order valence-electron chi connectivity index (χ1n) is 9.00. The van der Waals surface area contributed by atoms with E-state index in [1.165, 1.54) is 12.1 Å². The summed E-state index contributed by atoms with van der Waals surface area (Å²) < 4.78 is 1.95. The van der Waals surface area contributed by atoms with Gasteiger partial charge < -0.3 is 21.1 Å². The lowest BCUT2D eigenvalue weighted by molar-refractivity contribution is 0.0954. The van der Waals surface area contributed by atoms with Crippen molar-refractivity contribution in [2.24, 2.45) is 4.99 Å². The van der Waals surface area contributed by atoms with Crippen LogP contribution in [0, 0.1) is 6.92 Å². The fourth-order valence-corrected chi connectivity index (χ4v) is 3.01. The maximum Gasteiger partial charge on any atom is 0.251 e. The first kappa shape index (κ1) is 18.7. The average Bonchev–Trinajstić information content (AvgIpc) is 3.03. The molecule has 144 valence electrons. The van der Waals surface area contributed by atoms with Crippen molar-refractivity contribution >= 4 is 11.9 Å². The lowest BCUT2D eigenvalue weighted by atomic mass is 10.1. The smallest absolute Gasteiger partial charge is 0.251 e. The Morgan fingerprint density at radius 2 is 2.04 bits per heavy atom. The van der Waals surface area contributed by atoms with E-state index in [1.807, 2.05) is 11.6 Å². The van der Waals surface area contributed by atoms with Gasteiger partial charge in [0.25, 0.3) is 5.91 Å². The Labute approximate surface area is 157 Å². The van der Waals surface area contributed by atoms with Gasteiger partial charge in [-0.15, -0.1) is 0 Å². The number of phenolic OH excluding ortho intramolecular Hbond substituents is 1. The van der Waals surface area contributed by atoms with E-state index in [4.69, 9.17) is 0 Å². The summed E-state index contributed by atoms with van der Waals surface area (Å²) >= 11 is 0. The molecule has 4 N–H and O–H groups in total. The van der Waals surface area contributed by atoms with Crippen LogP contribution in [0.4, 0.5) is 0 Å². The molecule has 1 aliphatic rings. The molecule has 1 aromatic heterocycles. The number of nitrogens with one attached hydrogen (secondary N) is 3. The van der Waals surface area contributed by atoms with E-state index in [1.54, 1.807) is 19.2 Å². The van der Waals surface area contributed by atoms with Crippen LogP contribution < -0.4 is 16.0 Å². The number of rotatable bonds is 5. The van der Waals surface area contributed by atoms with E-state index in [0.29, 0.717) is 24.6 Å². The van der Waals surface area contributed by atoms with E-state index in [0.717, 1.165) is 31.0 Å². The summed E-state index contributed by atoms with van der Waals surface area (Å²) in [5.41, 5.74) is 0.511. The number of aliphatic imine (C=N–C) groups is 1. The van der Waals surface area contributed by atoms with Gasteiger partial charge in [0.2, 0.25) is 0 Å². The molecule has 1 unspecified atom stereocenters. The summed E-state index contributed by atoms with van der Waals surface area (Å²) in [6, 6.07) is 6.39. The molecule has 1 atom stereocenters. The maximum absolute atomic E-state index is 12.0. The molecule has 0 aliphatic carbocycles. The third-order valence-corrected chi connectivity index (χ3v) is 4.36. The van der Waals surface area contributed by atoms with Crippen LogP contribution in [-0.2, 0) is 13.0 Å². The molecule has 1 amide bonds. The number of amides is 1. The monoisotopic (exact) mass is 371 g/mol. The van der Waals surface area contributed by atoms with E-state index in [9.17, 15) is 9.90 Å². The number of nitrogens with zero attached hydrogens (tertiary/aromatic N) is 4. The molecule has 0 spiro atoms. The van der Waals surface area contributed by atoms with E-state index >= 15 is 0 Å². The number of aromatic nitrogens is 3. The predicted octanol–water partition coefficient (Wildman–Crippen LogP) is 0.202. The second-order valence-electron chi connectivity index (χ2n) is 6.44. The number of carbonyl (C=O) groups excluding carboxylic acids is 1. The number of carbonyl (C=O) groups is 1. The quantitative estimate of drug-likeness (QED) is 0.339. The van der Waals surface area contributed by atoms with Crippen molar-refractivity contribution in [3.63, 3.8) is 0 Å². The molecule has 9 heteroatoms. The Bertz CT molecular complexity index is 814. The van der Waals surface area contributed by atoms with Crippen LogP contribution in [0.5, 0.6) is 5.75 Å². The van der Waals surface area contributed by atoms with Gasteiger partial charge in [-0.2, -0.15) is 5.10 Å². The van der Waals surface area contributed by atoms with Gasteiger partial charge in [-0.1, -0.05) is 0 Å². The number of guanidine groups is 1. The van der Waals surface area contributed by atoms with Gasteiger partial charge in [0.05, 0.1) is 6.54 Å². The highest BCUT2D eigenvalue weighted by Crippen LogP contribution is 2.12. The minimum absolute atomic E-state index is 0.138. The second-order valence-corrected chi connectivity index (χ2v) is 6.44. The molecular formula is C18H25N7O2. The Hall–Kier alpha value is -3.10. The number of hydrogen-bond donors (Lipinski definition) is 4. The van der Waals surface area contributed by atoms with Crippen LogP contribution in [0.25, 0.3) is 0 Å². The molecule has 9 nitrogen and oxygen atoms in total. The molecule has 2 aromatic rings. The van der Waals surface area contributed by atoms with Crippen molar-refractivity contribution in [2.45, 2.75) is 32.4 Å². The number of aromatic hydroxyl groups is 1. The molecule has 2 heterocycles. The number of aryl methyl sites for hydroxylation is 2. The lowest BCUT2D eigenvalue weighted by Crippen LogP contribution is -2.48. The summed E-state index contributed by atoms with van der Waals surface area (Å²) in [4.78, 5) is 20.7. The molecule has 0 saturated heterocycles. The Kier molecular flexibility index (Phi) is 5.90. The second kappa shape index (κ2) is 8.52. The van der Waals surface area contributed by atoms with Gasteiger partial charge in [-0.3, -0.25) is 9.79 Å². The highest BCUT2D eigenvalue weighted by Gasteiger charge is 2.21. The first-order chi connectivity index (χ1) is 13.0. The van der Waals surface area contributed by atoms with Crippen LogP contribution >= 0.6 is 0 Å². The van der Waals surface area contributed by atoms with Crippen molar-refractivity contribution in [1.82, 2.24) is 30.7 Å². The van der Waals surface area contributed by atoms with Crippen molar-refractivity contribution < 1.29 is 9.90 Å². The van der Waals surface area contributed by atoms with Crippen LogP contribution in [0.2, 0.25) is 0 Å². The normalized spacial score (nSPS) is 16.5. The zero-order valence-corrected chi connectivity index (χ0v) is 15.6. The van der Waals surface area contributed by atoms with Crippen molar-refractivity contribution in [2.75, 3.05) is 20.1 Å². The molecule has 1 aliphatic heterocycles. The average molecular weight is 371 g/mol. The maximum atomic E-state index is 12.0. The predicted molar refractivity (Wildman–Crippen MR) is 102 cm³/mol. The van der Waals surface area contributed by atoms with Crippen LogP contribution in [0.1, 0.15) is 28.4 Å². The van der Waals surface area contributed by atoms with Gasteiger partial charge in [-0.25, -0.2) is 9.67 Å². The molecule has 0 saturated carbocycles. The van der Waals surface area contributed by atoms with Gasteiger partial charge in [0.15, 0.2) is 5.96 Å². The van der Waals surface area contributed by atoms with Crippen LogP contribution in [0.15, 0.2) is 29.3 Å². The third-order valence-electron chi connectivity index (χ3n) is 4.36. The Morgan fingerprint density at radius 3 is 2.78 bits per heavy atom. The van der Waals surface area contributed by atoms with Crippen LogP contribution in [-0.4, -0.2) is 57.9 Å². The molecule has 1 aromatic carbocycles. The van der Waals surface area contributed by atoms with Crippen LogP contribution in [0.3, 0.4) is 0 Å². The minimum Gasteiger partial charge on any atom is -0.508 e. The Balaban J connectivity index is 1.41. The fraction of sp³-hybridized carbons (Fsp3) is 0.444. The summed E-state index contributed by atoms with van der Waals surface area (Å²) in [6.07, 6.45) is 1.86. The third kappa shape index (κ3) is 4.96. The standard InChI is InChI=1S/C18H25N7O2/c1-12-22-16-8-5-14(11-25(16)24-12)23-18(19-2)21-10-9-20-17(27)13-3-6-15(26)7-4-13/h3-4,6-7,14,26H,5,8-11H2,1-2H3,(H,20,27)(H2,19,21,23). The highest BCUT2D eigenvalue weighted by molar-refractivity contribution is 5.94. The van der Waals surface area contributed by atoms with Gasteiger partial charge in [0.1, 0.15) is 17.4 Å². The molecule has 0 bridgehead atoms. The fourth-order valence-electron chi connectivity index (χ4n) is 3.01. The summed E-state index contributed by atoms with van der Waals surface area (Å²) in [5, 5.41) is 23.1. The van der Waals surface area contributed by atoms with Gasteiger partial charge in [0, 0.05) is 38.2 Å². The highest BCUT2D eigenvalue weighted by atomic mass is 16.3. The summed E-state index contributed by atoms with van der Waals surface area (Å²) in [7, 11) is 1.72. The molecule has 0 radical (unpaired) electrons. The topological polar surface area (TPSA) is 116 Å². The number of fused-ring (bicyclic) bond motifs is 1. The first-order valence-corrected chi connectivity index (χ1v) is 9.00. The van der Waals surface area contributed by atoms with E-state index in [2.05, 4.69) is 31.0 Å². The Morgan fingerprint density at radius 1 is 1.30 bits per heavy atom. The van der Waals surface area contributed by atoms with Crippen molar-refractivity contribution in [3.8, 4) is 5.75 Å².